The predicted molar refractivity (Wildman–Crippen MR) is 84.3 cm³/mol. The minimum absolute atomic E-state index is 0.115. The summed E-state index contributed by atoms with van der Waals surface area (Å²) < 4.78 is 11.5. The van der Waals surface area contributed by atoms with Gasteiger partial charge in [-0.15, -0.1) is 0 Å². The molecule has 0 aliphatic carbocycles. The van der Waals surface area contributed by atoms with Gasteiger partial charge in [0, 0.05) is 16.1 Å². The van der Waals surface area contributed by atoms with Crippen LogP contribution in [-0.4, -0.2) is 14.2 Å². The van der Waals surface area contributed by atoms with Gasteiger partial charge in [-0.1, -0.05) is 28.1 Å². The van der Waals surface area contributed by atoms with E-state index in [1.54, 1.807) is 14.2 Å². The predicted octanol–water partition coefficient (Wildman–Crippen LogP) is 3.71. The van der Waals surface area contributed by atoms with Crippen LogP contribution in [0.1, 0.15) is 17.2 Å². The third kappa shape index (κ3) is 3.52. The lowest BCUT2D eigenvalue weighted by Gasteiger charge is -2.16. The number of nitrogens with two attached hydrogens (primary N) is 1. The lowest BCUT2D eigenvalue weighted by molar-refractivity contribution is 0.405. The molecule has 3 nitrogen and oxygen atoms in total. The van der Waals surface area contributed by atoms with E-state index in [1.807, 2.05) is 42.5 Å². The monoisotopic (exact) mass is 335 g/mol. The van der Waals surface area contributed by atoms with Gasteiger partial charge in [0.2, 0.25) is 0 Å². The highest BCUT2D eigenvalue weighted by Crippen LogP contribution is 2.29. The summed E-state index contributed by atoms with van der Waals surface area (Å²) in [5.74, 6) is 1.66. The average Bonchev–Trinajstić information content (AvgIpc) is 2.48. The maximum atomic E-state index is 6.31. The van der Waals surface area contributed by atoms with Crippen LogP contribution in [0.3, 0.4) is 0 Å². The molecule has 1 atom stereocenters. The van der Waals surface area contributed by atoms with Crippen molar-refractivity contribution in [2.45, 2.75) is 12.5 Å². The number of hydrogen-bond acceptors (Lipinski definition) is 3. The summed E-state index contributed by atoms with van der Waals surface area (Å²) in [6.45, 7) is 0. The first-order valence-corrected chi connectivity index (χ1v) is 7.15. The molecule has 2 aromatic rings. The molecule has 2 aromatic carbocycles. The van der Waals surface area contributed by atoms with Gasteiger partial charge in [0.1, 0.15) is 11.5 Å². The lowest BCUT2D eigenvalue weighted by Crippen LogP contribution is -2.14. The Kier molecular flexibility index (Phi) is 5.04. The number of ether oxygens (including phenoxy) is 2. The van der Waals surface area contributed by atoms with Gasteiger partial charge < -0.3 is 15.2 Å². The molecule has 106 valence electrons. The molecule has 20 heavy (non-hydrogen) atoms. The normalized spacial score (nSPS) is 12.0. The molecular weight excluding hydrogens is 318 g/mol. The maximum absolute atomic E-state index is 6.31. The fourth-order valence-corrected chi connectivity index (χ4v) is 2.50. The molecule has 2 rings (SSSR count). The number of rotatable bonds is 5. The number of hydrogen-bond donors (Lipinski definition) is 1. The van der Waals surface area contributed by atoms with Gasteiger partial charge >= 0.3 is 0 Å². The van der Waals surface area contributed by atoms with Crippen LogP contribution >= 0.6 is 15.9 Å². The highest BCUT2D eigenvalue weighted by Gasteiger charge is 2.13. The Bertz CT molecular complexity index is 569. The Morgan fingerprint density at radius 3 is 2.35 bits per heavy atom. The molecule has 0 aliphatic rings. The first-order chi connectivity index (χ1) is 9.63. The fraction of sp³-hybridized carbons (Fsp3) is 0.250. The van der Waals surface area contributed by atoms with Crippen LogP contribution in [0, 0.1) is 0 Å². The number of benzene rings is 2. The maximum Gasteiger partial charge on any atom is 0.123 e. The van der Waals surface area contributed by atoms with E-state index in [2.05, 4.69) is 15.9 Å². The summed E-state index contributed by atoms with van der Waals surface area (Å²) in [5, 5.41) is 0. The Morgan fingerprint density at radius 2 is 1.75 bits per heavy atom. The number of halogens is 1. The highest BCUT2D eigenvalue weighted by molar-refractivity contribution is 9.10. The van der Waals surface area contributed by atoms with E-state index in [9.17, 15) is 0 Å². The molecule has 0 spiro atoms. The molecule has 0 fully saturated rings. The Morgan fingerprint density at radius 1 is 1.05 bits per heavy atom. The van der Waals surface area contributed by atoms with Gasteiger partial charge in [0.25, 0.3) is 0 Å². The van der Waals surface area contributed by atoms with Crippen LogP contribution in [0.15, 0.2) is 46.9 Å². The van der Waals surface area contributed by atoms with Crippen LogP contribution in [0.5, 0.6) is 11.5 Å². The summed E-state index contributed by atoms with van der Waals surface area (Å²) in [5.41, 5.74) is 8.48. The Balaban J connectivity index is 2.18. The van der Waals surface area contributed by atoms with Gasteiger partial charge in [-0.3, -0.25) is 0 Å². The Hall–Kier alpha value is -1.52. The third-order valence-corrected chi connectivity index (χ3v) is 3.70. The van der Waals surface area contributed by atoms with Gasteiger partial charge in [-0.05, 0) is 42.3 Å². The minimum Gasteiger partial charge on any atom is -0.497 e. The summed E-state index contributed by atoms with van der Waals surface area (Å²) in [6, 6.07) is 13.7. The van der Waals surface area contributed by atoms with Gasteiger partial charge in [0.05, 0.1) is 14.2 Å². The second-order valence-electron chi connectivity index (χ2n) is 4.54. The zero-order valence-corrected chi connectivity index (χ0v) is 13.2. The van der Waals surface area contributed by atoms with Crippen molar-refractivity contribution in [1.82, 2.24) is 0 Å². The van der Waals surface area contributed by atoms with Gasteiger partial charge in [-0.2, -0.15) is 0 Å². The molecule has 0 aliphatic heterocycles. The van der Waals surface area contributed by atoms with Crippen LogP contribution in [-0.2, 0) is 6.42 Å². The lowest BCUT2D eigenvalue weighted by atomic mass is 9.99. The van der Waals surface area contributed by atoms with Crippen molar-refractivity contribution >= 4 is 15.9 Å². The molecule has 4 heteroatoms. The van der Waals surface area contributed by atoms with Gasteiger partial charge in [-0.25, -0.2) is 0 Å². The van der Waals surface area contributed by atoms with E-state index in [-0.39, 0.29) is 6.04 Å². The smallest absolute Gasteiger partial charge is 0.123 e. The van der Waals surface area contributed by atoms with Crippen LogP contribution in [0.4, 0.5) is 0 Å². The van der Waals surface area contributed by atoms with Crippen LogP contribution in [0.2, 0.25) is 0 Å². The van der Waals surface area contributed by atoms with E-state index in [1.165, 1.54) is 5.56 Å². The largest absolute Gasteiger partial charge is 0.497 e. The molecule has 1 unspecified atom stereocenters. The van der Waals surface area contributed by atoms with Crippen molar-refractivity contribution in [1.29, 1.82) is 0 Å². The first-order valence-electron chi connectivity index (χ1n) is 6.36. The van der Waals surface area contributed by atoms with Crippen molar-refractivity contribution in [2.24, 2.45) is 5.73 Å². The topological polar surface area (TPSA) is 44.5 Å². The standard InChI is InChI=1S/C16H18BrNO2/c1-19-13-6-3-11(4-7-13)9-15(18)14-10-12(17)5-8-16(14)20-2/h3-8,10,15H,9,18H2,1-2H3. The summed E-state index contributed by atoms with van der Waals surface area (Å²) in [6.07, 6.45) is 0.747. The molecule has 0 heterocycles. The van der Waals surface area contributed by atoms with Crippen LogP contribution in [0.25, 0.3) is 0 Å². The zero-order chi connectivity index (χ0) is 14.5. The van der Waals surface area contributed by atoms with Gasteiger partial charge in [0.15, 0.2) is 0 Å². The second kappa shape index (κ2) is 6.77. The molecular formula is C16H18BrNO2. The molecule has 0 saturated carbocycles. The van der Waals surface area contributed by atoms with E-state index < -0.39 is 0 Å². The highest BCUT2D eigenvalue weighted by atomic mass is 79.9. The van der Waals surface area contributed by atoms with Crippen molar-refractivity contribution in [3.8, 4) is 11.5 Å². The summed E-state index contributed by atoms with van der Waals surface area (Å²) in [4.78, 5) is 0. The molecule has 2 N–H and O–H groups in total. The minimum atomic E-state index is -0.115. The SMILES string of the molecule is COc1ccc(CC(N)c2cc(Br)ccc2OC)cc1. The van der Waals surface area contributed by atoms with Crippen molar-refractivity contribution in [2.75, 3.05) is 14.2 Å². The molecule has 0 saturated heterocycles. The molecule has 0 bridgehead atoms. The average molecular weight is 336 g/mol. The van der Waals surface area contributed by atoms with Crippen molar-refractivity contribution < 1.29 is 9.47 Å². The zero-order valence-electron chi connectivity index (χ0n) is 11.6. The van der Waals surface area contributed by atoms with E-state index in [4.69, 9.17) is 15.2 Å². The molecule has 0 radical (unpaired) electrons. The van der Waals surface area contributed by atoms with Crippen molar-refractivity contribution in [3.63, 3.8) is 0 Å². The van der Waals surface area contributed by atoms with E-state index in [0.29, 0.717) is 0 Å². The summed E-state index contributed by atoms with van der Waals surface area (Å²) >= 11 is 3.47. The second-order valence-corrected chi connectivity index (χ2v) is 5.46. The molecule has 0 amide bonds. The molecule has 0 aromatic heterocycles. The first kappa shape index (κ1) is 14.9. The fourth-order valence-electron chi connectivity index (χ4n) is 2.12. The van der Waals surface area contributed by atoms with Crippen LogP contribution < -0.4 is 15.2 Å². The van der Waals surface area contributed by atoms with E-state index >= 15 is 0 Å². The Labute approximate surface area is 127 Å². The van der Waals surface area contributed by atoms with E-state index in [0.717, 1.165) is 28.0 Å². The van der Waals surface area contributed by atoms with Crippen molar-refractivity contribution in [3.05, 3.63) is 58.1 Å². The summed E-state index contributed by atoms with van der Waals surface area (Å²) in [7, 11) is 3.32. The third-order valence-electron chi connectivity index (χ3n) is 3.21. The number of methoxy groups -OCH3 is 2. The quantitative estimate of drug-likeness (QED) is 0.905.